The molecule has 1 aromatic rings. The van der Waals surface area contributed by atoms with Crippen molar-refractivity contribution in [3.05, 3.63) is 23.9 Å². The van der Waals surface area contributed by atoms with Crippen molar-refractivity contribution in [2.75, 3.05) is 18.6 Å². The highest BCUT2D eigenvalue weighted by molar-refractivity contribution is 7.99. The quantitative estimate of drug-likeness (QED) is 0.844. The van der Waals surface area contributed by atoms with Crippen LogP contribution in [0, 0.1) is 0 Å². The van der Waals surface area contributed by atoms with E-state index in [0.717, 1.165) is 12.2 Å². The topological polar surface area (TPSA) is 34.1 Å². The predicted molar refractivity (Wildman–Crippen MR) is 63.4 cm³/mol. The molecule has 0 spiro atoms. The van der Waals surface area contributed by atoms with Gasteiger partial charge in [-0.15, -0.1) is 0 Å². The van der Waals surface area contributed by atoms with Crippen molar-refractivity contribution in [2.24, 2.45) is 0 Å². The summed E-state index contributed by atoms with van der Waals surface area (Å²) in [4.78, 5) is 4.36. The third kappa shape index (κ3) is 3.11. The Morgan fingerprint density at radius 1 is 1.60 bits per heavy atom. The molecule has 3 nitrogen and oxygen atoms in total. The fraction of sp³-hybridized carbons (Fsp3) is 0.545. The number of aromatic nitrogens is 1. The van der Waals surface area contributed by atoms with Gasteiger partial charge >= 0.3 is 0 Å². The van der Waals surface area contributed by atoms with Gasteiger partial charge in [-0.3, -0.25) is 0 Å². The second-order valence-corrected chi connectivity index (χ2v) is 4.76. The standard InChI is InChI=1S/C11H16N2OS/c1-14-11-4-2-3-9(13-11)7-12-10-5-6-15-8-10/h2-4,10,12H,5-8H2,1H3. The summed E-state index contributed by atoms with van der Waals surface area (Å²) in [5, 5.41) is 3.51. The zero-order valence-corrected chi connectivity index (χ0v) is 9.72. The third-order valence-corrected chi connectivity index (χ3v) is 3.65. The highest BCUT2D eigenvalue weighted by Crippen LogP contribution is 2.17. The second-order valence-electron chi connectivity index (χ2n) is 3.61. The van der Waals surface area contributed by atoms with Crippen molar-refractivity contribution in [3.63, 3.8) is 0 Å². The van der Waals surface area contributed by atoms with E-state index in [-0.39, 0.29) is 0 Å². The maximum absolute atomic E-state index is 5.08. The van der Waals surface area contributed by atoms with E-state index in [1.807, 2.05) is 30.0 Å². The lowest BCUT2D eigenvalue weighted by Gasteiger charge is -2.10. The number of methoxy groups -OCH3 is 1. The summed E-state index contributed by atoms with van der Waals surface area (Å²) in [5.74, 6) is 3.20. The molecule has 0 bridgehead atoms. The predicted octanol–water partition coefficient (Wildman–Crippen LogP) is 1.69. The molecular weight excluding hydrogens is 208 g/mol. The van der Waals surface area contributed by atoms with E-state index >= 15 is 0 Å². The molecule has 82 valence electrons. The van der Waals surface area contributed by atoms with Crippen LogP contribution < -0.4 is 10.1 Å². The van der Waals surface area contributed by atoms with Crippen LogP contribution in [0.3, 0.4) is 0 Å². The van der Waals surface area contributed by atoms with Gasteiger partial charge in [-0.1, -0.05) is 6.07 Å². The normalized spacial score (nSPS) is 20.5. The van der Waals surface area contributed by atoms with E-state index in [9.17, 15) is 0 Å². The average Bonchev–Trinajstić information content (AvgIpc) is 2.79. The first-order chi connectivity index (χ1) is 7.38. The Morgan fingerprint density at radius 2 is 2.53 bits per heavy atom. The Kier molecular flexibility index (Phi) is 3.86. The van der Waals surface area contributed by atoms with Gasteiger partial charge in [-0.2, -0.15) is 11.8 Å². The first kappa shape index (κ1) is 10.8. The Hall–Kier alpha value is -0.740. The van der Waals surface area contributed by atoms with Crippen LogP contribution >= 0.6 is 11.8 Å². The van der Waals surface area contributed by atoms with Crippen LogP contribution in [-0.4, -0.2) is 29.6 Å². The molecule has 1 unspecified atom stereocenters. The molecule has 1 N–H and O–H groups in total. The van der Waals surface area contributed by atoms with E-state index in [1.165, 1.54) is 17.9 Å². The van der Waals surface area contributed by atoms with Gasteiger partial charge in [0, 0.05) is 24.4 Å². The minimum atomic E-state index is 0.656. The summed E-state index contributed by atoms with van der Waals surface area (Å²) >= 11 is 2.02. The monoisotopic (exact) mass is 224 g/mol. The number of rotatable bonds is 4. The second kappa shape index (κ2) is 5.37. The zero-order valence-electron chi connectivity index (χ0n) is 8.90. The molecular formula is C11H16N2OS. The number of hydrogen-bond donors (Lipinski definition) is 1. The number of ether oxygens (including phenoxy) is 1. The molecule has 4 heteroatoms. The lowest BCUT2D eigenvalue weighted by Crippen LogP contribution is -2.28. The minimum absolute atomic E-state index is 0.656. The van der Waals surface area contributed by atoms with Crippen LogP contribution in [0.5, 0.6) is 5.88 Å². The van der Waals surface area contributed by atoms with Crippen LogP contribution in [-0.2, 0) is 6.54 Å². The Bertz CT molecular complexity index is 313. The highest BCUT2D eigenvalue weighted by Gasteiger charge is 2.14. The molecule has 1 saturated heterocycles. The molecule has 0 aliphatic carbocycles. The summed E-state index contributed by atoms with van der Waals surface area (Å²) in [6, 6.07) is 6.53. The summed E-state index contributed by atoms with van der Waals surface area (Å²) in [6.07, 6.45) is 1.27. The number of pyridine rings is 1. The molecule has 0 amide bonds. The van der Waals surface area contributed by atoms with E-state index in [2.05, 4.69) is 10.3 Å². The van der Waals surface area contributed by atoms with Gasteiger partial charge in [-0.25, -0.2) is 4.98 Å². The fourth-order valence-corrected chi connectivity index (χ4v) is 2.80. The van der Waals surface area contributed by atoms with E-state index in [0.29, 0.717) is 11.9 Å². The minimum Gasteiger partial charge on any atom is -0.481 e. The fourth-order valence-electron chi connectivity index (χ4n) is 1.61. The van der Waals surface area contributed by atoms with Crippen LogP contribution in [0.1, 0.15) is 12.1 Å². The largest absolute Gasteiger partial charge is 0.481 e. The molecule has 0 saturated carbocycles. The molecule has 2 rings (SSSR count). The molecule has 15 heavy (non-hydrogen) atoms. The van der Waals surface area contributed by atoms with E-state index in [4.69, 9.17) is 4.74 Å². The van der Waals surface area contributed by atoms with Crippen molar-refractivity contribution < 1.29 is 4.74 Å². The number of hydrogen-bond acceptors (Lipinski definition) is 4. The van der Waals surface area contributed by atoms with Gasteiger partial charge in [-0.05, 0) is 18.2 Å². The van der Waals surface area contributed by atoms with Gasteiger partial charge in [0.1, 0.15) is 0 Å². The molecule has 1 aliphatic rings. The first-order valence-electron chi connectivity index (χ1n) is 5.19. The molecule has 1 aromatic heterocycles. The number of nitrogens with zero attached hydrogens (tertiary/aromatic N) is 1. The van der Waals surface area contributed by atoms with E-state index < -0.39 is 0 Å². The lowest BCUT2D eigenvalue weighted by molar-refractivity contribution is 0.395. The zero-order chi connectivity index (χ0) is 10.5. The van der Waals surface area contributed by atoms with Crippen LogP contribution in [0.2, 0.25) is 0 Å². The van der Waals surface area contributed by atoms with Gasteiger partial charge in [0.15, 0.2) is 0 Å². The number of thioether (sulfide) groups is 1. The molecule has 0 aromatic carbocycles. The summed E-state index contributed by atoms with van der Waals surface area (Å²) in [6.45, 7) is 0.836. The SMILES string of the molecule is COc1cccc(CNC2CCSC2)n1. The van der Waals surface area contributed by atoms with Gasteiger partial charge in [0.25, 0.3) is 0 Å². The van der Waals surface area contributed by atoms with Crippen molar-refractivity contribution in [1.82, 2.24) is 10.3 Å². The van der Waals surface area contributed by atoms with Crippen molar-refractivity contribution in [2.45, 2.75) is 19.0 Å². The molecule has 2 heterocycles. The average molecular weight is 224 g/mol. The smallest absolute Gasteiger partial charge is 0.213 e. The summed E-state index contributed by atoms with van der Waals surface area (Å²) in [5.41, 5.74) is 1.05. The number of nitrogens with one attached hydrogen (secondary N) is 1. The van der Waals surface area contributed by atoms with Crippen LogP contribution in [0.15, 0.2) is 18.2 Å². The Morgan fingerprint density at radius 3 is 3.27 bits per heavy atom. The van der Waals surface area contributed by atoms with Gasteiger partial charge < -0.3 is 10.1 Å². The maximum Gasteiger partial charge on any atom is 0.213 e. The Labute approximate surface area is 94.6 Å². The van der Waals surface area contributed by atoms with Gasteiger partial charge in [0.2, 0.25) is 5.88 Å². The third-order valence-electron chi connectivity index (χ3n) is 2.49. The van der Waals surface area contributed by atoms with Crippen molar-refractivity contribution >= 4 is 11.8 Å². The first-order valence-corrected chi connectivity index (χ1v) is 6.35. The Balaban J connectivity index is 1.86. The highest BCUT2D eigenvalue weighted by atomic mass is 32.2. The van der Waals surface area contributed by atoms with E-state index in [1.54, 1.807) is 7.11 Å². The maximum atomic E-state index is 5.08. The summed E-state index contributed by atoms with van der Waals surface area (Å²) < 4.78 is 5.08. The molecule has 1 atom stereocenters. The van der Waals surface area contributed by atoms with Crippen molar-refractivity contribution in [1.29, 1.82) is 0 Å². The van der Waals surface area contributed by atoms with Crippen molar-refractivity contribution in [3.8, 4) is 5.88 Å². The van der Waals surface area contributed by atoms with Crippen LogP contribution in [0.4, 0.5) is 0 Å². The molecule has 0 radical (unpaired) electrons. The van der Waals surface area contributed by atoms with Gasteiger partial charge in [0.05, 0.1) is 12.8 Å². The lowest BCUT2D eigenvalue weighted by atomic mass is 10.2. The molecule has 1 fully saturated rings. The molecule has 1 aliphatic heterocycles. The summed E-state index contributed by atoms with van der Waals surface area (Å²) in [7, 11) is 1.65. The van der Waals surface area contributed by atoms with Crippen LogP contribution in [0.25, 0.3) is 0 Å².